The number of fused-ring (bicyclic) bond motifs is 1. The standard InChI is InChI=1S/C24H19F2N/c1-2-3-4-5-17-8-13-22-20(14-17)12-11-19(24(22)26)9-6-18-7-10-21(16-27)23(25)15-18/h7-8,10-15H,2-5H2,1H3. The van der Waals surface area contributed by atoms with E-state index < -0.39 is 5.82 Å². The van der Waals surface area contributed by atoms with Crippen LogP contribution < -0.4 is 0 Å². The summed E-state index contributed by atoms with van der Waals surface area (Å²) in [5.41, 5.74) is 1.85. The van der Waals surface area contributed by atoms with Crippen molar-refractivity contribution in [3.05, 3.63) is 82.4 Å². The van der Waals surface area contributed by atoms with Gasteiger partial charge in [-0.05, 0) is 48.1 Å². The van der Waals surface area contributed by atoms with Crippen molar-refractivity contribution in [2.75, 3.05) is 0 Å². The molecule has 0 saturated heterocycles. The lowest BCUT2D eigenvalue weighted by molar-refractivity contribution is 0.623. The normalized spacial score (nSPS) is 10.3. The lowest BCUT2D eigenvalue weighted by atomic mass is 10.0. The molecule has 0 bridgehead atoms. The minimum absolute atomic E-state index is 0.0350. The number of hydrogen-bond acceptors (Lipinski definition) is 1. The Labute approximate surface area is 158 Å². The molecule has 0 aliphatic carbocycles. The molecule has 0 saturated carbocycles. The first-order valence-electron chi connectivity index (χ1n) is 9.05. The van der Waals surface area contributed by atoms with Gasteiger partial charge in [-0.3, -0.25) is 0 Å². The molecule has 0 atom stereocenters. The number of benzene rings is 3. The Kier molecular flexibility index (Phi) is 5.84. The summed E-state index contributed by atoms with van der Waals surface area (Å²) in [7, 11) is 0. The molecule has 3 aromatic rings. The molecule has 3 rings (SSSR count). The largest absolute Gasteiger partial charge is 0.206 e. The van der Waals surface area contributed by atoms with Crippen molar-refractivity contribution in [3.63, 3.8) is 0 Å². The van der Waals surface area contributed by atoms with Gasteiger partial charge in [0, 0.05) is 10.9 Å². The van der Waals surface area contributed by atoms with Gasteiger partial charge in [0.25, 0.3) is 0 Å². The Morgan fingerprint density at radius 1 is 0.889 bits per heavy atom. The molecule has 3 heteroatoms. The Bertz CT molecular complexity index is 1080. The molecular weight excluding hydrogens is 340 g/mol. The van der Waals surface area contributed by atoms with Crippen LogP contribution in [0.1, 0.15) is 48.4 Å². The molecule has 0 N–H and O–H groups in total. The minimum Gasteiger partial charge on any atom is -0.206 e. The van der Waals surface area contributed by atoms with Gasteiger partial charge in [0.1, 0.15) is 17.7 Å². The lowest BCUT2D eigenvalue weighted by Crippen LogP contribution is -1.90. The van der Waals surface area contributed by atoms with Crippen molar-refractivity contribution in [2.45, 2.75) is 32.6 Å². The maximum atomic E-state index is 14.8. The first kappa shape index (κ1) is 18.6. The van der Waals surface area contributed by atoms with Crippen LogP contribution in [0.2, 0.25) is 0 Å². The van der Waals surface area contributed by atoms with Crippen LogP contribution in [-0.2, 0) is 6.42 Å². The first-order valence-corrected chi connectivity index (χ1v) is 9.05. The Morgan fingerprint density at radius 3 is 2.44 bits per heavy atom. The number of aryl methyl sites for hydroxylation is 1. The van der Waals surface area contributed by atoms with Crippen molar-refractivity contribution in [2.24, 2.45) is 0 Å². The molecule has 27 heavy (non-hydrogen) atoms. The van der Waals surface area contributed by atoms with Crippen molar-refractivity contribution >= 4 is 10.8 Å². The van der Waals surface area contributed by atoms with E-state index in [1.165, 1.54) is 30.5 Å². The van der Waals surface area contributed by atoms with Gasteiger partial charge in [-0.25, -0.2) is 8.78 Å². The number of rotatable bonds is 4. The molecule has 0 unspecified atom stereocenters. The molecule has 0 aliphatic rings. The summed E-state index contributed by atoms with van der Waals surface area (Å²) in [5, 5.41) is 10.2. The van der Waals surface area contributed by atoms with Crippen molar-refractivity contribution in [1.29, 1.82) is 5.26 Å². The molecular formula is C24H19F2N. The molecule has 134 valence electrons. The van der Waals surface area contributed by atoms with E-state index in [0.29, 0.717) is 10.9 Å². The average molecular weight is 359 g/mol. The molecule has 0 heterocycles. The summed E-state index contributed by atoms with van der Waals surface area (Å²) in [5.74, 6) is 4.54. The van der Waals surface area contributed by atoms with Crippen LogP contribution in [0.3, 0.4) is 0 Å². The summed E-state index contributed by atoms with van der Waals surface area (Å²) in [6.07, 6.45) is 4.50. The zero-order valence-electron chi connectivity index (χ0n) is 15.2. The second kappa shape index (κ2) is 8.47. The van der Waals surface area contributed by atoms with Gasteiger partial charge in [-0.15, -0.1) is 0 Å². The summed E-state index contributed by atoms with van der Waals surface area (Å²) >= 11 is 0. The molecule has 0 aromatic heterocycles. The predicted molar refractivity (Wildman–Crippen MR) is 104 cm³/mol. The monoisotopic (exact) mass is 359 g/mol. The van der Waals surface area contributed by atoms with E-state index in [2.05, 4.69) is 18.8 Å². The summed E-state index contributed by atoms with van der Waals surface area (Å²) < 4.78 is 28.4. The second-order valence-corrected chi connectivity index (χ2v) is 6.50. The van der Waals surface area contributed by atoms with Crippen LogP contribution in [0.4, 0.5) is 8.78 Å². The SMILES string of the molecule is CCCCCc1ccc2c(F)c(C#Cc3ccc(C#N)c(F)c3)ccc2c1. The van der Waals surface area contributed by atoms with E-state index in [1.54, 1.807) is 24.3 Å². The zero-order valence-corrected chi connectivity index (χ0v) is 15.2. The number of nitrogens with zero attached hydrogens (tertiary/aromatic N) is 1. The van der Waals surface area contributed by atoms with Crippen LogP contribution in [0.15, 0.2) is 48.5 Å². The zero-order chi connectivity index (χ0) is 19.2. The van der Waals surface area contributed by atoms with Gasteiger partial charge in [-0.2, -0.15) is 5.26 Å². The van der Waals surface area contributed by atoms with E-state index in [4.69, 9.17) is 5.26 Å². The molecule has 1 nitrogen and oxygen atoms in total. The summed E-state index contributed by atoms with van der Waals surface area (Å²) in [4.78, 5) is 0. The number of halogens is 2. The van der Waals surface area contributed by atoms with Gasteiger partial charge in [0.2, 0.25) is 0 Å². The maximum Gasteiger partial charge on any atom is 0.146 e. The Balaban J connectivity index is 1.88. The third kappa shape index (κ3) is 4.33. The summed E-state index contributed by atoms with van der Waals surface area (Å²) in [6, 6.07) is 15.2. The van der Waals surface area contributed by atoms with Gasteiger partial charge in [-0.1, -0.05) is 55.9 Å². The summed E-state index contributed by atoms with van der Waals surface area (Å²) in [6.45, 7) is 2.17. The highest BCUT2D eigenvalue weighted by Crippen LogP contribution is 2.23. The minimum atomic E-state index is -0.626. The topological polar surface area (TPSA) is 23.8 Å². The van der Waals surface area contributed by atoms with Crippen molar-refractivity contribution in [3.8, 4) is 17.9 Å². The highest BCUT2D eigenvalue weighted by atomic mass is 19.1. The van der Waals surface area contributed by atoms with Crippen LogP contribution in [0.5, 0.6) is 0 Å². The van der Waals surface area contributed by atoms with Gasteiger partial charge in [0.05, 0.1) is 11.1 Å². The average Bonchev–Trinajstić information content (AvgIpc) is 2.68. The Hall–Kier alpha value is -3.17. The van der Waals surface area contributed by atoms with Crippen molar-refractivity contribution < 1.29 is 8.78 Å². The highest BCUT2D eigenvalue weighted by Gasteiger charge is 2.07. The Morgan fingerprint density at radius 2 is 1.70 bits per heavy atom. The molecule has 3 aromatic carbocycles. The van der Waals surface area contributed by atoms with E-state index in [1.807, 2.05) is 18.2 Å². The van der Waals surface area contributed by atoms with Gasteiger partial charge >= 0.3 is 0 Å². The number of nitriles is 1. The van der Waals surface area contributed by atoms with Crippen molar-refractivity contribution in [1.82, 2.24) is 0 Å². The van der Waals surface area contributed by atoms with E-state index in [0.717, 1.165) is 18.2 Å². The number of hydrogen-bond donors (Lipinski definition) is 0. The smallest absolute Gasteiger partial charge is 0.146 e. The number of unbranched alkanes of at least 4 members (excludes halogenated alkanes) is 2. The quantitative estimate of drug-likeness (QED) is 0.406. The van der Waals surface area contributed by atoms with Crippen LogP contribution in [-0.4, -0.2) is 0 Å². The highest BCUT2D eigenvalue weighted by molar-refractivity contribution is 5.85. The lowest BCUT2D eigenvalue weighted by Gasteiger charge is -2.06. The van der Waals surface area contributed by atoms with Gasteiger partial charge < -0.3 is 0 Å². The molecule has 0 fully saturated rings. The van der Waals surface area contributed by atoms with Gasteiger partial charge in [0.15, 0.2) is 0 Å². The third-order valence-electron chi connectivity index (χ3n) is 4.52. The molecule has 0 radical (unpaired) electrons. The van der Waals surface area contributed by atoms with E-state index in [9.17, 15) is 8.78 Å². The first-order chi connectivity index (χ1) is 13.1. The second-order valence-electron chi connectivity index (χ2n) is 6.50. The molecule has 0 amide bonds. The fourth-order valence-electron chi connectivity index (χ4n) is 3.00. The van der Waals surface area contributed by atoms with Crippen LogP contribution >= 0.6 is 0 Å². The fraction of sp³-hybridized carbons (Fsp3) is 0.208. The van der Waals surface area contributed by atoms with Crippen LogP contribution in [0, 0.1) is 34.8 Å². The fourth-order valence-corrected chi connectivity index (χ4v) is 3.00. The van der Waals surface area contributed by atoms with Crippen LogP contribution in [0.25, 0.3) is 10.8 Å². The maximum absolute atomic E-state index is 14.8. The molecule has 0 aliphatic heterocycles. The predicted octanol–water partition coefficient (Wildman–Crippen LogP) is 6.12. The third-order valence-corrected chi connectivity index (χ3v) is 4.52. The van der Waals surface area contributed by atoms with E-state index >= 15 is 0 Å². The molecule has 0 spiro atoms. The van der Waals surface area contributed by atoms with E-state index in [-0.39, 0.29) is 16.9 Å².